The van der Waals surface area contributed by atoms with Gasteiger partial charge in [0.2, 0.25) is 0 Å². The van der Waals surface area contributed by atoms with Crippen LogP contribution in [0.25, 0.3) is 0 Å². The molecule has 0 amide bonds. The highest BCUT2D eigenvalue weighted by atomic mass is 35.5. The summed E-state index contributed by atoms with van der Waals surface area (Å²) in [7, 11) is 0. The van der Waals surface area contributed by atoms with E-state index in [1.165, 1.54) is 37.0 Å². The van der Waals surface area contributed by atoms with Crippen molar-refractivity contribution in [1.82, 2.24) is 5.32 Å². The van der Waals surface area contributed by atoms with Gasteiger partial charge in [0.1, 0.15) is 11.8 Å². The lowest BCUT2D eigenvalue weighted by Crippen LogP contribution is -2.28. The third-order valence-electron chi connectivity index (χ3n) is 4.04. The molecule has 3 rings (SSSR count). The Kier molecular flexibility index (Phi) is 4.81. The van der Waals surface area contributed by atoms with Gasteiger partial charge in [-0.2, -0.15) is 0 Å². The Morgan fingerprint density at radius 3 is 2.75 bits per heavy atom. The van der Waals surface area contributed by atoms with Gasteiger partial charge in [-0.1, -0.05) is 30.9 Å². The van der Waals surface area contributed by atoms with Crippen molar-refractivity contribution in [3.8, 4) is 0 Å². The zero-order valence-electron chi connectivity index (χ0n) is 11.5. The Morgan fingerprint density at radius 2 is 2.10 bits per heavy atom. The molecular formula is C16H20ClNOS. The normalized spacial score (nSPS) is 18.2. The Hall–Kier alpha value is -0.770. The zero-order chi connectivity index (χ0) is 13.8. The van der Waals surface area contributed by atoms with Gasteiger partial charge >= 0.3 is 0 Å². The number of nitrogens with one attached hydrogen (secondary N) is 1. The molecule has 1 fully saturated rings. The van der Waals surface area contributed by atoms with E-state index in [-0.39, 0.29) is 6.04 Å². The van der Waals surface area contributed by atoms with Crippen LogP contribution >= 0.6 is 22.9 Å². The van der Waals surface area contributed by atoms with Crippen LogP contribution in [-0.2, 0) is 0 Å². The van der Waals surface area contributed by atoms with Crippen molar-refractivity contribution in [2.45, 2.75) is 38.1 Å². The van der Waals surface area contributed by atoms with Crippen LogP contribution in [0.5, 0.6) is 0 Å². The SMILES string of the molecule is Clc1ccc(C(NCC2CCCCC2)c2ccco2)s1. The molecule has 2 nitrogen and oxygen atoms in total. The minimum Gasteiger partial charge on any atom is -0.467 e. The van der Waals surface area contributed by atoms with Crippen molar-refractivity contribution in [3.63, 3.8) is 0 Å². The van der Waals surface area contributed by atoms with E-state index < -0.39 is 0 Å². The third kappa shape index (κ3) is 3.46. The molecular weight excluding hydrogens is 290 g/mol. The fraction of sp³-hybridized carbons (Fsp3) is 0.500. The van der Waals surface area contributed by atoms with Crippen LogP contribution in [0, 0.1) is 5.92 Å². The molecule has 108 valence electrons. The highest BCUT2D eigenvalue weighted by Crippen LogP contribution is 2.32. The fourth-order valence-electron chi connectivity index (χ4n) is 2.96. The first-order chi connectivity index (χ1) is 9.83. The van der Waals surface area contributed by atoms with Gasteiger partial charge in [-0.15, -0.1) is 11.3 Å². The second kappa shape index (κ2) is 6.79. The minimum atomic E-state index is 0.129. The van der Waals surface area contributed by atoms with Gasteiger partial charge < -0.3 is 9.73 Å². The lowest BCUT2D eigenvalue weighted by atomic mass is 9.89. The monoisotopic (exact) mass is 309 g/mol. The first kappa shape index (κ1) is 14.2. The summed E-state index contributed by atoms with van der Waals surface area (Å²) in [4.78, 5) is 1.22. The summed E-state index contributed by atoms with van der Waals surface area (Å²) < 4.78 is 6.43. The second-order valence-electron chi connectivity index (χ2n) is 5.50. The predicted molar refractivity (Wildman–Crippen MR) is 84.5 cm³/mol. The maximum absolute atomic E-state index is 6.07. The van der Waals surface area contributed by atoms with Crippen LogP contribution in [0.15, 0.2) is 34.9 Å². The molecule has 2 heterocycles. The summed E-state index contributed by atoms with van der Waals surface area (Å²) in [6.45, 7) is 1.06. The van der Waals surface area contributed by atoms with Gasteiger partial charge in [-0.25, -0.2) is 0 Å². The topological polar surface area (TPSA) is 25.2 Å². The minimum absolute atomic E-state index is 0.129. The quantitative estimate of drug-likeness (QED) is 0.815. The first-order valence-corrected chi connectivity index (χ1v) is 8.54. The molecule has 0 spiro atoms. The fourth-order valence-corrected chi connectivity index (χ4v) is 4.10. The Labute approximate surface area is 129 Å². The van der Waals surface area contributed by atoms with E-state index in [9.17, 15) is 0 Å². The molecule has 1 saturated carbocycles. The van der Waals surface area contributed by atoms with Crippen molar-refractivity contribution >= 4 is 22.9 Å². The Bertz CT molecular complexity index is 516. The van der Waals surface area contributed by atoms with Crippen molar-refractivity contribution < 1.29 is 4.42 Å². The van der Waals surface area contributed by atoms with E-state index in [4.69, 9.17) is 16.0 Å². The van der Waals surface area contributed by atoms with E-state index in [2.05, 4.69) is 11.4 Å². The van der Waals surface area contributed by atoms with E-state index >= 15 is 0 Å². The number of thiophene rings is 1. The molecule has 1 atom stereocenters. The molecule has 20 heavy (non-hydrogen) atoms. The van der Waals surface area contributed by atoms with Gasteiger partial charge in [-0.05, 0) is 49.6 Å². The molecule has 2 aromatic rings. The second-order valence-corrected chi connectivity index (χ2v) is 7.25. The lowest BCUT2D eigenvalue weighted by Gasteiger charge is -2.24. The average Bonchev–Trinajstić information content (AvgIpc) is 3.13. The van der Waals surface area contributed by atoms with Crippen molar-refractivity contribution in [3.05, 3.63) is 45.5 Å². The zero-order valence-corrected chi connectivity index (χ0v) is 13.1. The van der Waals surface area contributed by atoms with Gasteiger partial charge in [0.05, 0.1) is 10.6 Å². The average molecular weight is 310 g/mol. The maximum Gasteiger partial charge on any atom is 0.126 e. The summed E-state index contributed by atoms with van der Waals surface area (Å²) in [5.41, 5.74) is 0. The van der Waals surface area contributed by atoms with Crippen molar-refractivity contribution in [2.75, 3.05) is 6.54 Å². The van der Waals surface area contributed by atoms with Gasteiger partial charge in [0.25, 0.3) is 0 Å². The number of furan rings is 1. The molecule has 1 aliphatic carbocycles. The number of hydrogen-bond donors (Lipinski definition) is 1. The first-order valence-electron chi connectivity index (χ1n) is 7.35. The largest absolute Gasteiger partial charge is 0.467 e. The molecule has 1 N–H and O–H groups in total. The van der Waals surface area contributed by atoms with Gasteiger partial charge in [-0.3, -0.25) is 0 Å². The number of halogens is 1. The van der Waals surface area contributed by atoms with Crippen molar-refractivity contribution in [1.29, 1.82) is 0 Å². The molecule has 1 unspecified atom stereocenters. The molecule has 0 aliphatic heterocycles. The number of hydrogen-bond acceptors (Lipinski definition) is 3. The Balaban J connectivity index is 1.69. The predicted octanol–water partition coefficient (Wildman–Crippen LogP) is 5.25. The maximum atomic E-state index is 6.07. The summed E-state index contributed by atoms with van der Waals surface area (Å²) in [5.74, 6) is 1.77. The van der Waals surface area contributed by atoms with Gasteiger partial charge in [0, 0.05) is 4.88 Å². The molecule has 0 saturated heterocycles. The highest BCUT2D eigenvalue weighted by molar-refractivity contribution is 7.16. The third-order valence-corrected chi connectivity index (χ3v) is 5.34. The standard InChI is InChI=1S/C16H20ClNOS/c17-15-9-8-14(20-15)16(13-7-4-10-19-13)18-11-12-5-2-1-3-6-12/h4,7-10,12,16,18H,1-3,5-6,11H2. The molecule has 1 aliphatic rings. The number of rotatable bonds is 5. The highest BCUT2D eigenvalue weighted by Gasteiger charge is 2.21. The van der Waals surface area contributed by atoms with Crippen LogP contribution < -0.4 is 5.32 Å². The van der Waals surface area contributed by atoms with E-state index in [1.807, 2.05) is 18.2 Å². The Morgan fingerprint density at radius 1 is 1.25 bits per heavy atom. The van der Waals surface area contributed by atoms with Crippen LogP contribution in [0.1, 0.15) is 48.8 Å². The smallest absolute Gasteiger partial charge is 0.126 e. The van der Waals surface area contributed by atoms with E-state index in [0.717, 1.165) is 22.6 Å². The molecule has 2 aromatic heterocycles. The van der Waals surface area contributed by atoms with Crippen LogP contribution in [0.3, 0.4) is 0 Å². The van der Waals surface area contributed by atoms with Crippen LogP contribution in [0.2, 0.25) is 4.34 Å². The summed E-state index contributed by atoms with van der Waals surface area (Å²) >= 11 is 7.70. The summed E-state index contributed by atoms with van der Waals surface area (Å²) in [6.07, 6.45) is 8.59. The van der Waals surface area contributed by atoms with Gasteiger partial charge in [0.15, 0.2) is 0 Å². The van der Waals surface area contributed by atoms with E-state index in [1.54, 1.807) is 17.6 Å². The van der Waals surface area contributed by atoms with Crippen molar-refractivity contribution in [2.24, 2.45) is 5.92 Å². The molecule has 4 heteroatoms. The lowest BCUT2D eigenvalue weighted by molar-refractivity contribution is 0.326. The molecule has 0 radical (unpaired) electrons. The summed E-state index contributed by atoms with van der Waals surface area (Å²) in [5, 5.41) is 3.68. The molecule has 0 bridgehead atoms. The van der Waals surface area contributed by atoms with Crippen LogP contribution in [-0.4, -0.2) is 6.54 Å². The van der Waals surface area contributed by atoms with Crippen LogP contribution in [0.4, 0.5) is 0 Å². The molecule has 0 aromatic carbocycles. The van der Waals surface area contributed by atoms with E-state index in [0.29, 0.717) is 0 Å². The summed E-state index contributed by atoms with van der Waals surface area (Å²) in [6, 6.07) is 8.16.